The first-order valence-corrected chi connectivity index (χ1v) is 8.96. The van der Waals surface area contributed by atoms with Crippen molar-refractivity contribution in [1.29, 1.82) is 0 Å². The fourth-order valence-electron chi connectivity index (χ4n) is 4.03. The number of carbonyl (C=O) groups excluding carboxylic acids is 2. The minimum atomic E-state index is -0.262. The Morgan fingerprint density at radius 2 is 1.04 bits per heavy atom. The van der Waals surface area contributed by atoms with Gasteiger partial charge in [-0.3, -0.25) is 9.59 Å². The predicted molar refractivity (Wildman–Crippen MR) is 107 cm³/mol. The van der Waals surface area contributed by atoms with Crippen LogP contribution in [0.15, 0.2) is 72.1 Å². The summed E-state index contributed by atoms with van der Waals surface area (Å²) in [5, 5.41) is 7.84. The number of hydrogen-bond acceptors (Lipinski definition) is 2. The summed E-state index contributed by atoms with van der Waals surface area (Å²) in [7, 11) is 0. The van der Waals surface area contributed by atoms with Crippen molar-refractivity contribution in [2.75, 3.05) is 0 Å². The maximum absolute atomic E-state index is 12.8. The molecule has 4 heterocycles. The molecule has 4 N–H and O–H groups in total. The Bertz CT molecular complexity index is 1290. The van der Waals surface area contributed by atoms with Crippen LogP contribution in [0.3, 0.4) is 0 Å². The maximum Gasteiger partial charge on any atom is 0.258 e. The van der Waals surface area contributed by atoms with Gasteiger partial charge in [-0.15, -0.1) is 0 Å². The van der Waals surface area contributed by atoms with Gasteiger partial charge in [0.25, 0.3) is 11.8 Å². The van der Waals surface area contributed by atoms with E-state index in [9.17, 15) is 9.59 Å². The van der Waals surface area contributed by atoms with Gasteiger partial charge in [0, 0.05) is 34.2 Å². The highest BCUT2D eigenvalue weighted by Crippen LogP contribution is 2.38. The molecule has 2 amide bonds. The van der Waals surface area contributed by atoms with Gasteiger partial charge in [-0.1, -0.05) is 12.1 Å². The molecule has 0 spiro atoms. The standard InChI is InChI=1S/C22H14N4O2/c27-21-17-18(20(26-21)14-2-4-16-12(10-14)6-8-24-16)22(28)25-19(17)13-1-3-15-11(9-13)5-7-23-15/h1-10,23-24H,(H,25,28)(H,26,27). The lowest BCUT2D eigenvalue weighted by atomic mass is 10.0. The van der Waals surface area contributed by atoms with Crippen LogP contribution < -0.4 is 10.6 Å². The minimum absolute atomic E-state index is 0.262. The molecule has 28 heavy (non-hydrogen) atoms. The fourth-order valence-corrected chi connectivity index (χ4v) is 4.03. The Morgan fingerprint density at radius 3 is 1.50 bits per heavy atom. The first-order valence-electron chi connectivity index (χ1n) is 8.96. The number of benzene rings is 2. The van der Waals surface area contributed by atoms with Crippen molar-refractivity contribution in [3.63, 3.8) is 0 Å². The van der Waals surface area contributed by atoms with Gasteiger partial charge < -0.3 is 20.6 Å². The molecule has 6 rings (SSSR count). The van der Waals surface area contributed by atoms with Crippen LogP contribution in [-0.4, -0.2) is 21.8 Å². The summed E-state index contributed by atoms with van der Waals surface area (Å²) in [5.41, 5.74) is 5.55. The molecule has 2 aromatic carbocycles. The van der Waals surface area contributed by atoms with Gasteiger partial charge >= 0.3 is 0 Å². The zero-order valence-corrected chi connectivity index (χ0v) is 14.6. The third kappa shape index (κ3) is 1.97. The average molecular weight is 366 g/mol. The van der Waals surface area contributed by atoms with Crippen molar-refractivity contribution < 1.29 is 9.59 Å². The molecule has 0 saturated carbocycles. The number of hydrogen-bond donors (Lipinski definition) is 4. The zero-order valence-electron chi connectivity index (χ0n) is 14.6. The molecule has 6 heteroatoms. The summed E-state index contributed by atoms with van der Waals surface area (Å²) in [6.45, 7) is 0. The van der Waals surface area contributed by atoms with E-state index < -0.39 is 0 Å². The highest BCUT2D eigenvalue weighted by atomic mass is 16.2. The molecule has 0 unspecified atom stereocenters. The molecule has 2 aliphatic rings. The van der Waals surface area contributed by atoms with Gasteiger partial charge in [-0.25, -0.2) is 0 Å². The highest BCUT2D eigenvalue weighted by Gasteiger charge is 2.40. The van der Waals surface area contributed by atoms with E-state index in [-0.39, 0.29) is 11.8 Å². The quantitative estimate of drug-likeness (QED) is 0.439. The molecular formula is C22H14N4O2. The fraction of sp³-hybridized carbons (Fsp3) is 0. The number of nitrogens with one attached hydrogen (secondary N) is 4. The number of rotatable bonds is 2. The van der Waals surface area contributed by atoms with Gasteiger partial charge in [0.1, 0.15) is 0 Å². The van der Waals surface area contributed by atoms with Crippen LogP contribution in [0.2, 0.25) is 0 Å². The van der Waals surface area contributed by atoms with Crippen LogP contribution >= 0.6 is 0 Å². The zero-order chi connectivity index (χ0) is 18.8. The summed E-state index contributed by atoms with van der Waals surface area (Å²) >= 11 is 0. The van der Waals surface area contributed by atoms with Crippen LogP contribution in [0.25, 0.3) is 33.2 Å². The lowest BCUT2D eigenvalue weighted by Gasteiger charge is -2.08. The summed E-state index contributed by atoms with van der Waals surface area (Å²) in [6, 6.07) is 15.6. The molecule has 0 fully saturated rings. The van der Waals surface area contributed by atoms with E-state index in [0.717, 1.165) is 32.9 Å². The number of amides is 2. The number of carbonyl (C=O) groups is 2. The smallest absolute Gasteiger partial charge is 0.258 e. The second-order valence-corrected chi connectivity index (χ2v) is 6.97. The van der Waals surface area contributed by atoms with Crippen molar-refractivity contribution in [2.45, 2.75) is 0 Å². The van der Waals surface area contributed by atoms with Gasteiger partial charge in [0.15, 0.2) is 0 Å². The molecule has 0 bridgehead atoms. The van der Waals surface area contributed by atoms with Gasteiger partial charge in [-0.05, 0) is 47.5 Å². The molecule has 2 aliphatic heterocycles. The van der Waals surface area contributed by atoms with E-state index in [1.165, 1.54) is 0 Å². The van der Waals surface area contributed by atoms with E-state index in [2.05, 4.69) is 20.6 Å². The first kappa shape index (κ1) is 15.0. The average Bonchev–Trinajstić information content (AvgIpc) is 3.46. The van der Waals surface area contributed by atoms with Crippen LogP contribution in [0, 0.1) is 0 Å². The Kier molecular flexibility index (Phi) is 2.81. The molecule has 0 saturated heterocycles. The SMILES string of the molecule is O=C1NC(c2ccc3[nH]ccc3c2)=C2C(=O)NC(c3ccc4[nH]ccc4c3)=C12. The first-order chi connectivity index (χ1) is 13.7. The van der Waals surface area contributed by atoms with Gasteiger partial charge in [0.2, 0.25) is 0 Å². The maximum atomic E-state index is 12.8. The molecule has 6 nitrogen and oxygen atoms in total. The highest BCUT2D eigenvalue weighted by molar-refractivity contribution is 6.30. The summed E-state index contributed by atoms with van der Waals surface area (Å²) in [6.07, 6.45) is 3.73. The third-order valence-electron chi connectivity index (χ3n) is 5.37. The molecule has 0 atom stereocenters. The normalized spacial score (nSPS) is 16.3. The molecular weight excluding hydrogens is 352 g/mol. The van der Waals surface area contributed by atoms with Crippen molar-refractivity contribution in [3.05, 3.63) is 83.2 Å². The third-order valence-corrected chi connectivity index (χ3v) is 5.37. The van der Waals surface area contributed by atoms with Crippen molar-refractivity contribution in [3.8, 4) is 0 Å². The van der Waals surface area contributed by atoms with E-state index in [4.69, 9.17) is 0 Å². The van der Waals surface area contributed by atoms with E-state index >= 15 is 0 Å². The van der Waals surface area contributed by atoms with E-state index in [1.807, 2.05) is 60.9 Å². The molecule has 0 aliphatic carbocycles. The van der Waals surface area contributed by atoms with Crippen molar-refractivity contribution in [2.24, 2.45) is 0 Å². The number of fused-ring (bicyclic) bond motifs is 3. The minimum Gasteiger partial charge on any atom is -0.361 e. The Morgan fingerprint density at radius 1 is 0.571 bits per heavy atom. The van der Waals surface area contributed by atoms with Crippen LogP contribution in [0.5, 0.6) is 0 Å². The monoisotopic (exact) mass is 366 g/mol. The lowest BCUT2D eigenvalue weighted by molar-refractivity contribution is -0.117. The van der Waals surface area contributed by atoms with Crippen LogP contribution in [0.4, 0.5) is 0 Å². The molecule has 134 valence electrons. The van der Waals surface area contributed by atoms with Crippen molar-refractivity contribution >= 4 is 45.0 Å². The van der Waals surface area contributed by atoms with Crippen molar-refractivity contribution in [1.82, 2.24) is 20.6 Å². The number of H-pyrrole nitrogens is 2. The Labute approximate surface area is 158 Å². The largest absolute Gasteiger partial charge is 0.361 e. The Balaban J connectivity index is 1.55. The molecule has 0 radical (unpaired) electrons. The molecule has 2 aromatic heterocycles. The topological polar surface area (TPSA) is 89.8 Å². The predicted octanol–water partition coefficient (Wildman–Crippen LogP) is 3.03. The molecule has 4 aromatic rings. The second kappa shape index (κ2) is 5.23. The lowest BCUT2D eigenvalue weighted by Crippen LogP contribution is -2.21. The van der Waals surface area contributed by atoms with Gasteiger partial charge in [-0.2, -0.15) is 0 Å². The van der Waals surface area contributed by atoms with E-state index in [0.29, 0.717) is 22.5 Å². The van der Waals surface area contributed by atoms with Crippen LogP contribution in [-0.2, 0) is 9.59 Å². The summed E-state index contributed by atoms with van der Waals surface area (Å²) in [4.78, 5) is 31.9. The number of aromatic nitrogens is 2. The van der Waals surface area contributed by atoms with E-state index in [1.54, 1.807) is 0 Å². The van der Waals surface area contributed by atoms with Gasteiger partial charge in [0.05, 0.1) is 22.5 Å². The van der Waals surface area contributed by atoms with Crippen LogP contribution in [0.1, 0.15) is 11.1 Å². The summed E-state index contributed by atoms with van der Waals surface area (Å²) < 4.78 is 0. The second-order valence-electron chi connectivity index (χ2n) is 6.97. The summed E-state index contributed by atoms with van der Waals surface area (Å²) in [5.74, 6) is -0.525. The number of aromatic amines is 2. The Hall–Kier alpha value is -4.06.